The highest BCUT2D eigenvalue weighted by atomic mass is 16.5. The van der Waals surface area contributed by atoms with Gasteiger partial charge in [0, 0.05) is 6.04 Å². The number of nitrogens with two attached hydrogens (primary N) is 1. The molecule has 0 spiro atoms. The Hall–Kier alpha value is -1.02. The van der Waals surface area contributed by atoms with Gasteiger partial charge in [0.25, 0.3) is 5.91 Å². The van der Waals surface area contributed by atoms with Crippen LogP contribution in [0.25, 0.3) is 0 Å². The lowest BCUT2D eigenvalue weighted by Crippen LogP contribution is -2.47. The van der Waals surface area contributed by atoms with Crippen molar-refractivity contribution in [3.8, 4) is 0 Å². The van der Waals surface area contributed by atoms with Crippen molar-refractivity contribution >= 4 is 11.7 Å². The Kier molecular flexibility index (Phi) is 8.47. The molecule has 0 saturated heterocycles. The molecule has 0 heterocycles. The number of ether oxygens (including phenoxy) is 1. The van der Waals surface area contributed by atoms with Gasteiger partial charge < -0.3 is 21.0 Å². The molecule has 7 nitrogen and oxygen atoms in total. The van der Waals surface area contributed by atoms with Crippen LogP contribution in [-0.4, -0.2) is 42.3 Å². The lowest BCUT2D eigenvalue weighted by molar-refractivity contribution is -0.141. The lowest BCUT2D eigenvalue weighted by Gasteiger charge is -2.18. The minimum Gasteiger partial charge on any atom is -0.366 e. The van der Waals surface area contributed by atoms with E-state index in [-0.39, 0.29) is 18.7 Å². The van der Waals surface area contributed by atoms with Crippen LogP contribution in [-0.2, 0) is 14.3 Å². The molecule has 0 saturated carbocycles. The molecular formula is C11H23N3O4. The molecule has 0 aliphatic carbocycles. The molecule has 2 atom stereocenters. The molecule has 0 fully saturated rings. The number of rotatable bonds is 9. The van der Waals surface area contributed by atoms with Crippen LogP contribution in [0, 0.1) is 5.92 Å². The van der Waals surface area contributed by atoms with Crippen molar-refractivity contribution in [3.05, 3.63) is 0 Å². The van der Waals surface area contributed by atoms with Crippen LogP contribution < -0.4 is 16.5 Å². The average molecular weight is 261 g/mol. The minimum atomic E-state index is -0.930. The van der Waals surface area contributed by atoms with Crippen molar-refractivity contribution in [2.24, 2.45) is 11.7 Å². The molecule has 0 rings (SSSR count). The Balaban J connectivity index is 4.30. The van der Waals surface area contributed by atoms with Crippen molar-refractivity contribution in [2.45, 2.75) is 39.3 Å². The summed E-state index contributed by atoms with van der Waals surface area (Å²) in [4.78, 5) is 23.2. The summed E-state index contributed by atoms with van der Waals surface area (Å²) in [5.41, 5.74) is 7.05. The number of amides is 1. The maximum atomic E-state index is 11.7. The quantitative estimate of drug-likeness (QED) is 0.250. The standard InChI is InChI=1S/C11H23N3O4/c1-7(2)13-11(16)10(15)9(14-17)4-8(3)5-18-6-12/h7-9,14,17H,4-6,12H2,1-3H3,(H,13,16). The number of Topliss-reactive ketones (excluding diaryl/α,β-unsaturated/α-hetero) is 1. The topological polar surface area (TPSA) is 114 Å². The van der Waals surface area contributed by atoms with Gasteiger partial charge in [-0.25, -0.2) is 0 Å². The van der Waals surface area contributed by atoms with E-state index in [1.165, 1.54) is 0 Å². The van der Waals surface area contributed by atoms with Crippen LogP contribution in [0.1, 0.15) is 27.2 Å². The summed E-state index contributed by atoms with van der Waals surface area (Å²) in [6.45, 7) is 5.82. The molecule has 7 heteroatoms. The molecule has 18 heavy (non-hydrogen) atoms. The average Bonchev–Trinajstić information content (AvgIpc) is 2.31. The first-order chi connectivity index (χ1) is 8.42. The van der Waals surface area contributed by atoms with Crippen LogP contribution in [0.4, 0.5) is 0 Å². The van der Waals surface area contributed by atoms with E-state index in [0.717, 1.165) is 0 Å². The van der Waals surface area contributed by atoms with E-state index < -0.39 is 17.7 Å². The number of hydrogen-bond acceptors (Lipinski definition) is 6. The van der Waals surface area contributed by atoms with Gasteiger partial charge in [0.05, 0.1) is 13.3 Å². The Morgan fingerprint density at radius 2 is 1.94 bits per heavy atom. The molecule has 0 aliphatic rings. The zero-order valence-corrected chi connectivity index (χ0v) is 11.1. The van der Waals surface area contributed by atoms with E-state index in [0.29, 0.717) is 13.0 Å². The molecule has 0 aromatic heterocycles. The number of nitrogens with one attached hydrogen (secondary N) is 2. The van der Waals surface area contributed by atoms with E-state index in [9.17, 15) is 9.59 Å². The molecule has 1 amide bonds. The first kappa shape index (κ1) is 17.0. The summed E-state index contributed by atoms with van der Waals surface area (Å²) in [7, 11) is 0. The van der Waals surface area contributed by atoms with Crippen molar-refractivity contribution in [1.82, 2.24) is 10.8 Å². The van der Waals surface area contributed by atoms with Crippen LogP contribution >= 0.6 is 0 Å². The van der Waals surface area contributed by atoms with Crippen LogP contribution in [0.3, 0.4) is 0 Å². The van der Waals surface area contributed by atoms with Crippen molar-refractivity contribution in [1.29, 1.82) is 0 Å². The van der Waals surface area contributed by atoms with E-state index in [2.05, 4.69) is 5.32 Å². The van der Waals surface area contributed by atoms with Crippen LogP contribution in [0.5, 0.6) is 0 Å². The number of carbonyl (C=O) groups excluding carboxylic acids is 2. The number of hydrogen-bond donors (Lipinski definition) is 4. The molecule has 106 valence electrons. The van der Waals surface area contributed by atoms with Crippen molar-refractivity contribution < 1.29 is 19.5 Å². The van der Waals surface area contributed by atoms with Gasteiger partial charge in [-0.05, 0) is 26.2 Å². The van der Waals surface area contributed by atoms with Gasteiger partial charge in [-0.3, -0.25) is 9.59 Å². The van der Waals surface area contributed by atoms with Crippen molar-refractivity contribution in [2.75, 3.05) is 13.3 Å². The molecular weight excluding hydrogens is 238 g/mol. The van der Waals surface area contributed by atoms with Gasteiger partial charge in [-0.15, -0.1) is 0 Å². The summed E-state index contributed by atoms with van der Waals surface area (Å²) in [5.74, 6) is -1.40. The third-order valence-electron chi connectivity index (χ3n) is 2.27. The number of carbonyl (C=O) groups is 2. The Bertz CT molecular complexity index is 271. The largest absolute Gasteiger partial charge is 0.366 e. The molecule has 5 N–H and O–H groups in total. The van der Waals surface area contributed by atoms with Gasteiger partial charge in [-0.2, -0.15) is 5.48 Å². The predicted molar refractivity (Wildman–Crippen MR) is 65.8 cm³/mol. The fourth-order valence-electron chi connectivity index (χ4n) is 1.45. The maximum Gasteiger partial charge on any atom is 0.289 e. The third kappa shape index (κ3) is 6.65. The summed E-state index contributed by atoms with van der Waals surface area (Å²) >= 11 is 0. The van der Waals surface area contributed by atoms with E-state index in [1.54, 1.807) is 13.8 Å². The fourth-order valence-corrected chi connectivity index (χ4v) is 1.45. The molecule has 2 unspecified atom stereocenters. The smallest absolute Gasteiger partial charge is 0.289 e. The third-order valence-corrected chi connectivity index (χ3v) is 2.27. The monoisotopic (exact) mass is 261 g/mol. The Morgan fingerprint density at radius 3 is 2.39 bits per heavy atom. The van der Waals surface area contributed by atoms with Gasteiger partial charge >= 0.3 is 0 Å². The summed E-state index contributed by atoms with van der Waals surface area (Å²) in [5, 5.41) is 11.4. The highest BCUT2D eigenvalue weighted by Crippen LogP contribution is 2.07. The van der Waals surface area contributed by atoms with Gasteiger partial charge in [0.2, 0.25) is 5.78 Å². The van der Waals surface area contributed by atoms with Gasteiger partial charge in [0.15, 0.2) is 0 Å². The predicted octanol–water partition coefficient (Wildman–Crippen LogP) is -0.613. The SMILES string of the molecule is CC(COCN)CC(NO)C(=O)C(=O)NC(C)C. The second kappa shape index (κ2) is 8.98. The summed E-state index contributed by atoms with van der Waals surface area (Å²) < 4.78 is 5.00. The van der Waals surface area contributed by atoms with Crippen molar-refractivity contribution in [3.63, 3.8) is 0 Å². The molecule has 0 aliphatic heterocycles. The van der Waals surface area contributed by atoms with Crippen LogP contribution in [0.15, 0.2) is 0 Å². The first-order valence-electron chi connectivity index (χ1n) is 5.94. The van der Waals surface area contributed by atoms with Gasteiger partial charge in [-0.1, -0.05) is 6.92 Å². The van der Waals surface area contributed by atoms with E-state index in [1.807, 2.05) is 12.4 Å². The maximum absolute atomic E-state index is 11.7. The second-order valence-corrected chi connectivity index (χ2v) is 4.55. The molecule has 0 aromatic carbocycles. The summed E-state index contributed by atoms with van der Waals surface area (Å²) in [6.07, 6.45) is 0.293. The van der Waals surface area contributed by atoms with Crippen LogP contribution in [0.2, 0.25) is 0 Å². The molecule has 0 radical (unpaired) electrons. The Labute approximate surface area is 107 Å². The van der Waals surface area contributed by atoms with E-state index >= 15 is 0 Å². The second-order valence-electron chi connectivity index (χ2n) is 4.55. The van der Waals surface area contributed by atoms with Gasteiger partial charge in [0.1, 0.15) is 6.04 Å². The number of hydroxylamine groups is 1. The molecule has 0 aromatic rings. The normalized spacial score (nSPS) is 14.3. The number of ketones is 1. The Morgan fingerprint density at radius 1 is 1.33 bits per heavy atom. The summed E-state index contributed by atoms with van der Waals surface area (Å²) in [6, 6.07) is -1.06. The fraction of sp³-hybridized carbons (Fsp3) is 0.818. The zero-order chi connectivity index (χ0) is 14.1. The molecule has 0 bridgehead atoms. The lowest BCUT2D eigenvalue weighted by atomic mass is 9.99. The van der Waals surface area contributed by atoms with E-state index in [4.69, 9.17) is 15.7 Å². The highest BCUT2D eigenvalue weighted by molar-refractivity contribution is 6.38. The first-order valence-corrected chi connectivity index (χ1v) is 5.94. The zero-order valence-electron chi connectivity index (χ0n) is 11.1. The minimum absolute atomic E-state index is 0.00556. The highest BCUT2D eigenvalue weighted by Gasteiger charge is 2.26.